The lowest BCUT2D eigenvalue weighted by Gasteiger charge is -2.10. The maximum atomic E-state index is 12.3. The fourth-order valence-corrected chi connectivity index (χ4v) is 2.82. The van der Waals surface area contributed by atoms with Crippen LogP contribution < -0.4 is 5.32 Å². The van der Waals surface area contributed by atoms with E-state index in [2.05, 4.69) is 15.4 Å². The molecule has 0 aliphatic rings. The molecule has 1 aromatic heterocycles. The molecule has 1 N–H and O–H groups in total. The van der Waals surface area contributed by atoms with Gasteiger partial charge in [0.1, 0.15) is 6.33 Å². The number of aromatic nitrogens is 3. The number of carbonyl (C=O) groups is 1. The first-order chi connectivity index (χ1) is 12.2. The van der Waals surface area contributed by atoms with Gasteiger partial charge in [-0.05, 0) is 43.3 Å². The Labute approximate surface area is 149 Å². The van der Waals surface area contributed by atoms with E-state index in [1.165, 1.54) is 11.8 Å². The van der Waals surface area contributed by atoms with Gasteiger partial charge in [0.05, 0.1) is 22.6 Å². The third kappa shape index (κ3) is 4.25. The summed E-state index contributed by atoms with van der Waals surface area (Å²) in [5.41, 5.74) is 2.12. The fourth-order valence-electron chi connectivity index (χ4n) is 2.09. The van der Waals surface area contributed by atoms with Crippen LogP contribution in [-0.4, -0.2) is 25.9 Å². The number of nitriles is 1. The topological polar surface area (TPSA) is 83.6 Å². The molecular weight excluding hydrogens is 334 g/mol. The fraction of sp³-hybridized carbons (Fsp3) is 0.111. The third-order valence-electron chi connectivity index (χ3n) is 3.42. The molecule has 0 aliphatic carbocycles. The zero-order valence-electron chi connectivity index (χ0n) is 13.5. The molecule has 124 valence electrons. The number of carbonyl (C=O) groups excluding carboxylic acids is 1. The van der Waals surface area contributed by atoms with E-state index >= 15 is 0 Å². The van der Waals surface area contributed by atoms with Crippen molar-refractivity contribution < 1.29 is 4.79 Å². The van der Waals surface area contributed by atoms with Crippen molar-refractivity contribution in [2.45, 2.75) is 17.3 Å². The van der Waals surface area contributed by atoms with Crippen molar-refractivity contribution in [1.82, 2.24) is 14.8 Å². The number of rotatable bonds is 5. The number of anilines is 1. The van der Waals surface area contributed by atoms with Crippen molar-refractivity contribution in [3.63, 3.8) is 0 Å². The van der Waals surface area contributed by atoms with Gasteiger partial charge in [-0.25, -0.2) is 9.67 Å². The van der Waals surface area contributed by atoms with Gasteiger partial charge < -0.3 is 5.32 Å². The minimum atomic E-state index is -0.359. The van der Waals surface area contributed by atoms with Crippen molar-refractivity contribution in [3.05, 3.63) is 66.5 Å². The minimum Gasteiger partial charge on any atom is -0.325 e. The average Bonchev–Trinajstić information content (AvgIpc) is 3.11. The van der Waals surface area contributed by atoms with Gasteiger partial charge in [-0.3, -0.25) is 4.79 Å². The van der Waals surface area contributed by atoms with Crippen LogP contribution in [0.3, 0.4) is 0 Å². The number of benzene rings is 2. The second-order valence-corrected chi connectivity index (χ2v) is 6.55. The molecule has 0 saturated carbocycles. The predicted molar refractivity (Wildman–Crippen MR) is 96.5 cm³/mol. The van der Waals surface area contributed by atoms with E-state index in [-0.39, 0.29) is 11.2 Å². The Balaban J connectivity index is 1.61. The van der Waals surface area contributed by atoms with E-state index in [0.29, 0.717) is 16.4 Å². The molecule has 1 amide bonds. The summed E-state index contributed by atoms with van der Waals surface area (Å²) in [6.07, 6.45) is 1.63. The number of amides is 1. The highest BCUT2D eigenvalue weighted by Crippen LogP contribution is 2.21. The summed E-state index contributed by atoms with van der Waals surface area (Å²) in [5, 5.41) is 16.2. The molecule has 0 fully saturated rings. The number of nitrogens with zero attached hydrogens (tertiary/aromatic N) is 4. The third-order valence-corrected chi connectivity index (χ3v) is 4.39. The zero-order chi connectivity index (χ0) is 17.6. The van der Waals surface area contributed by atoms with Crippen LogP contribution in [-0.2, 0) is 4.79 Å². The molecule has 25 heavy (non-hydrogen) atoms. The molecule has 3 rings (SSSR count). The molecule has 0 aliphatic heterocycles. The van der Waals surface area contributed by atoms with Crippen molar-refractivity contribution >= 4 is 23.4 Å². The Morgan fingerprint density at radius 3 is 2.60 bits per heavy atom. The molecule has 0 radical (unpaired) electrons. The molecule has 2 aromatic carbocycles. The first-order valence-electron chi connectivity index (χ1n) is 7.60. The number of thioether (sulfide) groups is 1. The average molecular weight is 349 g/mol. The molecule has 0 spiro atoms. The molecule has 1 heterocycles. The highest BCUT2D eigenvalue weighted by Gasteiger charge is 2.17. The SMILES string of the molecule is CC(Sc1ncn(-c2ccccc2)n1)C(=O)Nc1ccc(C#N)cc1. The molecule has 0 saturated heterocycles. The van der Waals surface area contributed by atoms with E-state index < -0.39 is 0 Å². The lowest BCUT2D eigenvalue weighted by molar-refractivity contribution is -0.115. The quantitative estimate of drug-likeness (QED) is 0.715. The first kappa shape index (κ1) is 16.7. The molecular formula is C18H15N5OS. The van der Waals surface area contributed by atoms with E-state index in [9.17, 15) is 4.79 Å². The summed E-state index contributed by atoms with van der Waals surface area (Å²) in [7, 11) is 0. The van der Waals surface area contributed by atoms with E-state index in [0.717, 1.165) is 5.69 Å². The molecule has 3 aromatic rings. The Morgan fingerprint density at radius 1 is 1.20 bits per heavy atom. The second-order valence-electron chi connectivity index (χ2n) is 5.25. The summed E-state index contributed by atoms with van der Waals surface area (Å²) in [5.74, 6) is -0.147. The number of nitrogens with one attached hydrogen (secondary N) is 1. The summed E-state index contributed by atoms with van der Waals surface area (Å²) in [6.45, 7) is 1.80. The van der Waals surface area contributed by atoms with Crippen molar-refractivity contribution in [2.75, 3.05) is 5.32 Å². The normalized spacial score (nSPS) is 11.5. The van der Waals surface area contributed by atoms with Crippen LogP contribution in [0.15, 0.2) is 66.1 Å². The van der Waals surface area contributed by atoms with Gasteiger partial charge in [0, 0.05) is 5.69 Å². The Morgan fingerprint density at radius 2 is 1.92 bits per heavy atom. The summed E-state index contributed by atoms with van der Waals surface area (Å²) in [4.78, 5) is 16.5. The second kappa shape index (κ2) is 7.64. The van der Waals surface area contributed by atoms with Gasteiger partial charge in [0.25, 0.3) is 0 Å². The van der Waals surface area contributed by atoms with E-state index in [1.54, 1.807) is 42.2 Å². The number of hydrogen-bond donors (Lipinski definition) is 1. The molecule has 6 nitrogen and oxygen atoms in total. The van der Waals surface area contributed by atoms with Crippen molar-refractivity contribution in [2.24, 2.45) is 0 Å². The highest BCUT2D eigenvalue weighted by atomic mass is 32.2. The molecule has 7 heteroatoms. The van der Waals surface area contributed by atoms with Crippen LogP contribution in [0.1, 0.15) is 12.5 Å². The van der Waals surface area contributed by atoms with Crippen LogP contribution in [0.2, 0.25) is 0 Å². The summed E-state index contributed by atoms with van der Waals surface area (Å²) in [6, 6.07) is 18.4. The van der Waals surface area contributed by atoms with Crippen molar-refractivity contribution in [1.29, 1.82) is 5.26 Å². The van der Waals surface area contributed by atoms with Crippen LogP contribution in [0.5, 0.6) is 0 Å². The van der Waals surface area contributed by atoms with Gasteiger partial charge in [0.2, 0.25) is 11.1 Å². The Hall–Kier alpha value is -3.11. The van der Waals surface area contributed by atoms with Crippen LogP contribution in [0.4, 0.5) is 5.69 Å². The standard InChI is InChI=1S/C18H15N5OS/c1-13(17(24)21-15-9-7-14(11-19)8-10-15)25-18-20-12-23(22-18)16-5-3-2-4-6-16/h2-10,12-13H,1H3,(H,21,24). The van der Waals surface area contributed by atoms with Crippen LogP contribution >= 0.6 is 11.8 Å². The number of hydrogen-bond acceptors (Lipinski definition) is 5. The maximum Gasteiger partial charge on any atom is 0.237 e. The van der Waals surface area contributed by atoms with Gasteiger partial charge in [-0.2, -0.15) is 5.26 Å². The van der Waals surface area contributed by atoms with Gasteiger partial charge in [0.15, 0.2) is 0 Å². The summed E-state index contributed by atoms with van der Waals surface area (Å²) < 4.78 is 1.67. The lowest BCUT2D eigenvalue weighted by Crippen LogP contribution is -2.22. The van der Waals surface area contributed by atoms with E-state index in [4.69, 9.17) is 5.26 Å². The molecule has 0 bridgehead atoms. The van der Waals surface area contributed by atoms with Gasteiger partial charge >= 0.3 is 0 Å². The van der Waals surface area contributed by atoms with Gasteiger partial charge in [-0.15, -0.1) is 5.10 Å². The van der Waals surface area contributed by atoms with Crippen LogP contribution in [0.25, 0.3) is 5.69 Å². The first-order valence-corrected chi connectivity index (χ1v) is 8.48. The molecule has 1 atom stereocenters. The number of para-hydroxylation sites is 1. The maximum absolute atomic E-state index is 12.3. The monoisotopic (exact) mass is 349 g/mol. The smallest absolute Gasteiger partial charge is 0.237 e. The zero-order valence-corrected chi connectivity index (χ0v) is 14.3. The Kier molecular flexibility index (Phi) is 5.11. The predicted octanol–water partition coefficient (Wildman–Crippen LogP) is 3.26. The minimum absolute atomic E-state index is 0.147. The summed E-state index contributed by atoms with van der Waals surface area (Å²) >= 11 is 1.29. The largest absolute Gasteiger partial charge is 0.325 e. The van der Waals surface area contributed by atoms with Gasteiger partial charge in [-0.1, -0.05) is 30.0 Å². The van der Waals surface area contributed by atoms with Crippen LogP contribution in [0, 0.1) is 11.3 Å². The Bertz CT molecular complexity index is 899. The lowest BCUT2D eigenvalue weighted by atomic mass is 10.2. The highest BCUT2D eigenvalue weighted by molar-refractivity contribution is 8.00. The van der Waals surface area contributed by atoms with E-state index in [1.807, 2.05) is 36.4 Å². The molecule has 1 unspecified atom stereocenters. The van der Waals surface area contributed by atoms with Crippen molar-refractivity contribution in [3.8, 4) is 11.8 Å².